The average Bonchev–Trinajstić information content (AvgIpc) is 3.03. The molecule has 0 saturated carbocycles. The molecule has 0 radical (unpaired) electrons. The Morgan fingerprint density at radius 2 is 1.67 bits per heavy atom. The molecule has 10 nitrogen and oxygen atoms in total. The molecule has 0 atom stereocenters. The Balaban J connectivity index is 1.45. The van der Waals surface area contributed by atoms with Crippen LogP contribution >= 0.6 is 0 Å². The molecule has 2 saturated heterocycles. The molecule has 2 fully saturated rings. The van der Waals surface area contributed by atoms with Crippen LogP contribution in [0.1, 0.15) is 33.6 Å². The van der Waals surface area contributed by atoms with Crippen molar-refractivity contribution in [3.05, 3.63) is 35.4 Å². The summed E-state index contributed by atoms with van der Waals surface area (Å²) in [5.74, 6) is -3.17. The Labute approximate surface area is 152 Å². The molecular weight excluding hydrogens is 358 g/mol. The molecule has 1 spiro atoms. The largest absolute Gasteiger partial charge is 0.381 e. The number of carbonyl (C=O) groups is 5. The first-order chi connectivity index (χ1) is 12.9. The summed E-state index contributed by atoms with van der Waals surface area (Å²) in [6.45, 7) is -0.0701. The van der Waals surface area contributed by atoms with Gasteiger partial charge in [0.1, 0.15) is 12.1 Å². The third-order valence-corrected chi connectivity index (χ3v) is 4.83. The Hall–Kier alpha value is -3.27. The summed E-state index contributed by atoms with van der Waals surface area (Å²) >= 11 is 0. The second kappa shape index (κ2) is 6.16. The minimum Gasteiger partial charge on any atom is -0.381 e. The maximum absolute atomic E-state index is 12.6. The van der Waals surface area contributed by atoms with Gasteiger partial charge in [-0.2, -0.15) is 0 Å². The van der Waals surface area contributed by atoms with Crippen LogP contribution in [0.25, 0.3) is 0 Å². The first-order valence-electron chi connectivity index (χ1n) is 8.33. The van der Waals surface area contributed by atoms with Crippen LogP contribution in [0.3, 0.4) is 0 Å². The molecule has 0 unspecified atom stereocenters. The molecule has 0 bridgehead atoms. The fourth-order valence-corrected chi connectivity index (χ4v) is 3.39. The van der Waals surface area contributed by atoms with Gasteiger partial charge in [-0.05, 0) is 12.1 Å². The minimum atomic E-state index is -1.08. The second-order valence-electron chi connectivity index (χ2n) is 6.43. The highest BCUT2D eigenvalue weighted by Crippen LogP contribution is 2.28. The van der Waals surface area contributed by atoms with E-state index in [4.69, 9.17) is 9.57 Å². The molecule has 3 heterocycles. The van der Waals surface area contributed by atoms with Gasteiger partial charge >= 0.3 is 12.0 Å². The van der Waals surface area contributed by atoms with E-state index in [0.717, 1.165) is 4.90 Å². The summed E-state index contributed by atoms with van der Waals surface area (Å²) in [7, 11) is 0. The van der Waals surface area contributed by atoms with Crippen LogP contribution in [-0.2, 0) is 19.2 Å². The molecule has 10 heteroatoms. The van der Waals surface area contributed by atoms with Gasteiger partial charge in [-0.25, -0.2) is 9.59 Å². The van der Waals surface area contributed by atoms with Crippen molar-refractivity contribution in [1.82, 2.24) is 15.3 Å². The predicted octanol–water partition coefficient (Wildman–Crippen LogP) is -0.158. The number of imide groups is 2. The van der Waals surface area contributed by atoms with Crippen LogP contribution in [0.4, 0.5) is 4.79 Å². The van der Waals surface area contributed by atoms with Gasteiger partial charge in [0.2, 0.25) is 0 Å². The molecule has 3 aliphatic heterocycles. The lowest BCUT2D eigenvalue weighted by atomic mass is 9.90. The molecule has 3 aliphatic rings. The molecule has 1 aromatic rings. The van der Waals surface area contributed by atoms with E-state index in [1.54, 1.807) is 12.1 Å². The first-order valence-corrected chi connectivity index (χ1v) is 8.33. The molecule has 4 rings (SSSR count). The van der Waals surface area contributed by atoms with Crippen molar-refractivity contribution in [2.75, 3.05) is 19.8 Å². The number of amides is 5. The lowest BCUT2D eigenvalue weighted by molar-refractivity contribution is -0.170. The van der Waals surface area contributed by atoms with Crippen molar-refractivity contribution in [1.29, 1.82) is 0 Å². The molecular formula is C17H15N3O7. The number of fused-ring (bicyclic) bond motifs is 1. The average molecular weight is 373 g/mol. The molecule has 0 aliphatic carbocycles. The van der Waals surface area contributed by atoms with Crippen molar-refractivity contribution in [2.24, 2.45) is 0 Å². The van der Waals surface area contributed by atoms with Gasteiger partial charge in [-0.15, -0.1) is 0 Å². The summed E-state index contributed by atoms with van der Waals surface area (Å²) in [5, 5.41) is 2.94. The Morgan fingerprint density at radius 1 is 1.07 bits per heavy atom. The van der Waals surface area contributed by atoms with Crippen LogP contribution in [0, 0.1) is 0 Å². The van der Waals surface area contributed by atoms with Crippen molar-refractivity contribution in [3.63, 3.8) is 0 Å². The van der Waals surface area contributed by atoms with Gasteiger partial charge < -0.3 is 14.9 Å². The summed E-state index contributed by atoms with van der Waals surface area (Å²) in [6, 6.07) is 5.32. The van der Waals surface area contributed by atoms with E-state index in [0.29, 0.717) is 31.1 Å². The molecule has 0 aromatic heterocycles. The quantitative estimate of drug-likeness (QED) is 0.577. The van der Waals surface area contributed by atoms with Crippen LogP contribution in [0.5, 0.6) is 0 Å². The number of hydroxylamine groups is 2. The van der Waals surface area contributed by atoms with E-state index in [1.165, 1.54) is 12.1 Å². The van der Waals surface area contributed by atoms with E-state index in [-0.39, 0.29) is 11.1 Å². The van der Waals surface area contributed by atoms with Crippen molar-refractivity contribution >= 4 is 29.7 Å². The number of carbonyl (C=O) groups excluding carboxylic acids is 5. The molecule has 27 heavy (non-hydrogen) atoms. The van der Waals surface area contributed by atoms with Gasteiger partial charge in [0, 0.05) is 26.1 Å². The van der Waals surface area contributed by atoms with E-state index < -0.39 is 41.8 Å². The Morgan fingerprint density at radius 3 is 2.26 bits per heavy atom. The van der Waals surface area contributed by atoms with Crippen molar-refractivity contribution in [3.8, 4) is 0 Å². The number of rotatable bonds is 3. The fourth-order valence-electron chi connectivity index (χ4n) is 3.39. The molecule has 1 N–H and O–H groups in total. The number of ether oxygens (including phenoxy) is 1. The number of nitrogens with zero attached hydrogens (tertiary/aromatic N) is 2. The summed E-state index contributed by atoms with van der Waals surface area (Å²) in [4.78, 5) is 66.9. The van der Waals surface area contributed by atoms with Crippen LogP contribution < -0.4 is 5.32 Å². The first kappa shape index (κ1) is 17.2. The lowest BCUT2D eigenvalue weighted by Gasteiger charge is -2.30. The van der Waals surface area contributed by atoms with Crippen LogP contribution in [0.15, 0.2) is 24.3 Å². The molecule has 1 aromatic carbocycles. The minimum absolute atomic E-state index is 0.117. The maximum atomic E-state index is 12.6. The number of hydrogen-bond donors (Lipinski definition) is 1. The van der Waals surface area contributed by atoms with E-state index in [1.807, 2.05) is 0 Å². The van der Waals surface area contributed by atoms with E-state index in [2.05, 4.69) is 5.32 Å². The fraction of sp³-hybridized carbons (Fsp3) is 0.353. The highest BCUT2D eigenvalue weighted by molar-refractivity contribution is 6.21. The van der Waals surface area contributed by atoms with Gasteiger partial charge in [-0.1, -0.05) is 17.2 Å². The molecule has 5 amide bonds. The lowest BCUT2D eigenvalue weighted by Crippen LogP contribution is -2.51. The Bertz CT molecular complexity index is 840. The number of urea groups is 1. The monoisotopic (exact) mass is 373 g/mol. The zero-order valence-electron chi connectivity index (χ0n) is 14.1. The predicted molar refractivity (Wildman–Crippen MR) is 86.1 cm³/mol. The highest BCUT2D eigenvalue weighted by Gasteiger charge is 2.52. The third kappa shape index (κ3) is 2.65. The van der Waals surface area contributed by atoms with Gasteiger partial charge in [0.15, 0.2) is 0 Å². The van der Waals surface area contributed by atoms with E-state index >= 15 is 0 Å². The SMILES string of the molecule is O=C(CN1C(=O)NC2(CCOCC2)C1=O)ON1C(=O)c2ccccc2C1=O. The second-order valence-corrected chi connectivity index (χ2v) is 6.43. The standard InChI is InChI=1S/C17H15N3O7/c21-12(27-20-13(22)10-3-1-2-4-11(10)14(20)23)9-19-15(24)17(18-16(19)25)5-7-26-8-6-17/h1-4H,5-9H2,(H,18,25). The number of hydrogen-bond acceptors (Lipinski definition) is 7. The van der Waals surface area contributed by atoms with Crippen molar-refractivity contribution in [2.45, 2.75) is 18.4 Å². The summed E-state index contributed by atoms with van der Waals surface area (Å²) < 4.78 is 5.20. The van der Waals surface area contributed by atoms with Crippen molar-refractivity contribution < 1.29 is 33.5 Å². The van der Waals surface area contributed by atoms with Gasteiger partial charge in [0.25, 0.3) is 17.7 Å². The zero-order chi connectivity index (χ0) is 19.2. The number of nitrogens with one attached hydrogen (secondary N) is 1. The Kier molecular flexibility index (Phi) is 3.92. The smallest absolute Gasteiger partial charge is 0.353 e. The van der Waals surface area contributed by atoms with Gasteiger partial charge in [-0.3, -0.25) is 19.3 Å². The highest BCUT2D eigenvalue weighted by atomic mass is 16.7. The zero-order valence-corrected chi connectivity index (χ0v) is 14.1. The summed E-state index contributed by atoms with van der Waals surface area (Å²) in [6.07, 6.45) is 0.614. The van der Waals surface area contributed by atoms with Crippen LogP contribution in [-0.4, -0.2) is 65.0 Å². The third-order valence-electron chi connectivity index (χ3n) is 4.83. The number of benzene rings is 1. The van der Waals surface area contributed by atoms with Crippen LogP contribution in [0.2, 0.25) is 0 Å². The molecule has 140 valence electrons. The maximum Gasteiger partial charge on any atom is 0.353 e. The summed E-state index contributed by atoms with van der Waals surface area (Å²) in [5.41, 5.74) is -0.844. The van der Waals surface area contributed by atoms with E-state index in [9.17, 15) is 24.0 Å². The van der Waals surface area contributed by atoms with Gasteiger partial charge in [0.05, 0.1) is 11.1 Å². The topological polar surface area (TPSA) is 122 Å². The normalized spacial score (nSPS) is 20.9.